The second-order valence-corrected chi connectivity index (χ2v) is 22.4. The second-order valence-electron chi connectivity index (χ2n) is 4.95. The summed E-state index contributed by atoms with van der Waals surface area (Å²) in [6.45, 7) is 7.58. The normalized spacial score (nSPS) is 38.5. The predicted molar refractivity (Wildman–Crippen MR) is 88.3 cm³/mol. The van der Waals surface area contributed by atoms with Crippen LogP contribution in [0.4, 0.5) is 0 Å². The van der Waals surface area contributed by atoms with Crippen LogP contribution in [-0.2, 0) is 16.5 Å². The van der Waals surface area contributed by atoms with Crippen molar-refractivity contribution in [2.75, 3.05) is 5.50 Å². The fourth-order valence-corrected chi connectivity index (χ4v) is 26.5. The quantitative estimate of drug-likeness (QED) is 0.391. The first-order chi connectivity index (χ1) is 8.45. The first-order valence-electron chi connectivity index (χ1n) is 5.88. The summed E-state index contributed by atoms with van der Waals surface area (Å²) in [6, 6.07) is 0.574. The molecule has 12 heteroatoms. The van der Waals surface area contributed by atoms with Crippen molar-refractivity contribution in [3.63, 3.8) is 0 Å². The Hall–Kier alpha value is 1.87. The van der Waals surface area contributed by atoms with Crippen molar-refractivity contribution in [3.8, 4) is 0 Å². The van der Waals surface area contributed by atoms with Crippen LogP contribution in [0.2, 0.25) is 25.7 Å². The van der Waals surface area contributed by atoms with Gasteiger partial charge in [-0.1, -0.05) is 35.5 Å². The summed E-state index contributed by atoms with van der Waals surface area (Å²) in [6.07, 6.45) is 0.808. The molecule has 0 N–H and O–H groups in total. The monoisotopic (exact) mass is 418 g/mol. The lowest BCUT2D eigenvalue weighted by molar-refractivity contribution is 0.256. The molecule has 0 aromatic rings. The third-order valence-electron chi connectivity index (χ3n) is 2.26. The Kier molecular flexibility index (Phi) is 6.52. The third kappa shape index (κ3) is 5.87. The van der Waals surface area contributed by atoms with Gasteiger partial charge in [0, 0.05) is 6.04 Å². The van der Waals surface area contributed by atoms with Crippen molar-refractivity contribution in [1.82, 2.24) is 0 Å². The van der Waals surface area contributed by atoms with Crippen molar-refractivity contribution in [2.24, 2.45) is 0 Å². The first kappa shape index (κ1) is 18.9. The lowest BCUT2D eigenvalue weighted by atomic mass is 10.6. The molecule has 0 aromatic carbocycles. The third-order valence-corrected chi connectivity index (χ3v) is 21.8. The highest BCUT2D eigenvalue weighted by Gasteiger charge is 2.58. The molecule has 2 unspecified atom stereocenters. The van der Waals surface area contributed by atoms with Gasteiger partial charge in [-0.25, -0.2) is 0 Å². The minimum absolute atomic E-state index is 0.203. The molecule has 4 nitrogen and oxygen atoms in total. The average molecular weight is 420 g/mol. The molecule has 1 aliphatic heterocycles. The van der Waals surface area contributed by atoms with Gasteiger partial charge in [0.25, 0.3) is 0 Å². The maximum absolute atomic E-state index is 6.47. The van der Waals surface area contributed by atoms with Crippen LogP contribution in [-0.4, -0.2) is 37.7 Å². The van der Waals surface area contributed by atoms with Crippen molar-refractivity contribution in [2.45, 2.75) is 39.0 Å². The van der Waals surface area contributed by atoms with Crippen LogP contribution >= 0.6 is 44.8 Å². The minimum atomic E-state index is -3.44. The van der Waals surface area contributed by atoms with E-state index in [4.69, 9.17) is 61.3 Å². The number of hydrogen-bond donors (Lipinski definition) is 0. The molecule has 0 bridgehead atoms. The summed E-state index contributed by atoms with van der Waals surface area (Å²) in [5, 5.41) is 0. The molecule has 114 valence electrons. The lowest BCUT2D eigenvalue weighted by Crippen LogP contribution is -2.64. The van der Waals surface area contributed by atoms with Gasteiger partial charge in [0.05, 0.1) is 5.50 Å². The zero-order valence-corrected chi connectivity index (χ0v) is 18.3. The largest absolute Gasteiger partial charge is 0.534 e. The van der Waals surface area contributed by atoms with Crippen LogP contribution in [0.3, 0.4) is 0 Å². The van der Waals surface area contributed by atoms with E-state index in [2.05, 4.69) is 0 Å². The van der Waals surface area contributed by atoms with Crippen LogP contribution in [0, 0.1) is 0 Å². The van der Waals surface area contributed by atoms with Gasteiger partial charge in [-0.15, -0.1) is 22.7 Å². The number of alkyl halides is 1. The van der Waals surface area contributed by atoms with Crippen molar-refractivity contribution in [3.05, 3.63) is 0 Å². The van der Waals surface area contributed by atoms with Crippen LogP contribution in [0.15, 0.2) is 0 Å². The van der Waals surface area contributed by atoms with Crippen LogP contribution in [0.5, 0.6) is 0 Å². The summed E-state index contributed by atoms with van der Waals surface area (Å²) in [7, 11) is -11.7. The van der Waals surface area contributed by atoms with Crippen LogP contribution in [0.25, 0.3) is 0 Å². The molecular weight excluding hydrogens is 402 g/mol. The van der Waals surface area contributed by atoms with Gasteiger partial charge in [-0.05, 0) is 19.6 Å². The zero-order chi connectivity index (χ0) is 14.9. The van der Waals surface area contributed by atoms with Gasteiger partial charge in [-0.2, -0.15) is 0 Å². The molecule has 0 spiro atoms. The Morgan fingerprint density at radius 1 is 0.895 bits per heavy atom. The molecule has 19 heavy (non-hydrogen) atoms. The maximum Gasteiger partial charge on any atom is 0.534 e. The fourth-order valence-electron chi connectivity index (χ4n) is 1.85. The van der Waals surface area contributed by atoms with Gasteiger partial charge >= 0.3 is 32.2 Å². The standard InChI is InChI=1S/C7H18Cl4O4Si4/c1-5-6-18(9)13-16(2,3)12-17(4,7-8)14-19(10,11)15-18/h5-7H2,1-4H3. The summed E-state index contributed by atoms with van der Waals surface area (Å²) in [5.74, 6) is 0. The molecule has 1 heterocycles. The smallest absolute Gasteiger partial charge is 0.415 e. The van der Waals surface area contributed by atoms with Crippen molar-refractivity contribution >= 4 is 77.0 Å². The highest BCUT2D eigenvalue weighted by atomic mass is 35.7. The Morgan fingerprint density at radius 3 is 1.95 bits per heavy atom. The Bertz CT molecular complexity index is 312. The molecule has 0 aliphatic carbocycles. The van der Waals surface area contributed by atoms with Crippen molar-refractivity contribution in [1.29, 1.82) is 0 Å². The average Bonchev–Trinajstić information content (AvgIpc) is 2.11. The SMILES string of the molecule is CCC[Si]1(Cl)O[Si](C)(C)O[Si](C)(CCl)O[Si](Cl)(Cl)O1. The molecule has 1 aliphatic rings. The first-order valence-corrected chi connectivity index (χ1v) is 18.6. The Morgan fingerprint density at radius 2 is 1.47 bits per heavy atom. The molecule has 0 saturated carbocycles. The molecule has 2 atom stereocenters. The zero-order valence-electron chi connectivity index (χ0n) is 11.3. The fraction of sp³-hybridized carbons (Fsp3) is 1.00. The second kappa shape index (κ2) is 6.55. The van der Waals surface area contributed by atoms with Gasteiger partial charge in [0.1, 0.15) is 0 Å². The Labute approximate surface area is 137 Å². The van der Waals surface area contributed by atoms with E-state index in [-0.39, 0.29) is 5.50 Å². The van der Waals surface area contributed by atoms with E-state index in [0.29, 0.717) is 6.04 Å². The van der Waals surface area contributed by atoms with E-state index in [1.165, 1.54) is 0 Å². The molecule has 0 radical (unpaired) electrons. The minimum Gasteiger partial charge on any atom is -0.415 e. The van der Waals surface area contributed by atoms with Gasteiger partial charge < -0.3 is 16.5 Å². The predicted octanol–water partition coefficient (Wildman–Crippen LogP) is 4.12. The summed E-state index contributed by atoms with van der Waals surface area (Å²) in [5.41, 5.74) is 0.203. The Balaban J connectivity index is 3.05. The van der Waals surface area contributed by atoms with Crippen LogP contribution < -0.4 is 0 Å². The van der Waals surface area contributed by atoms with E-state index in [9.17, 15) is 0 Å². The number of hydrogen-bond acceptors (Lipinski definition) is 4. The highest BCUT2D eigenvalue weighted by Crippen LogP contribution is 2.38. The molecule has 1 rings (SSSR count). The summed E-state index contributed by atoms with van der Waals surface area (Å²) < 4.78 is 23.5. The van der Waals surface area contributed by atoms with E-state index < -0.39 is 32.2 Å². The van der Waals surface area contributed by atoms with E-state index in [0.717, 1.165) is 6.42 Å². The van der Waals surface area contributed by atoms with Gasteiger partial charge in [0.2, 0.25) is 0 Å². The number of halogens is 4. The highest BCUT2D eigenvalue weighted by molar-refractivity contribution is 7.43. The molecule has 0 amide bonds. The van der Waals surface area contributed by atoms with E-state index >= 15 is 0 Å². The number of rotatable bonds is 3. The van der Waals surface area contributed by atoms with Gasteiger partial charge in [-0.3, -0.25) is 0 Å². The summed E-state index contributed by atoms with van der Waals surface area (Å²) in [4.78, 5) is 0. The lowest BCUT2D eigenvalue weighted by Gasteiger charge is -2.44. The van der Waals surface area contributed by atoms with Gasteiger partial charge in [0.15, 0.2) is 0 Å². The molecule has 1 saturated heterocycles. The van der Waals surface area contributed by atoms with E-state index in [1.54, 1.807) is 6.55 Å². The van der Waals surface area contributed by atoms with Crippen molar-refractivity contribution < 1.29 is 16.5 Å². The van der Waals surface area contributed by atoms with E-state index in [1.807, 2.05) is 20.0 Å². The molecular formula is C7H18Cl4O4Si4. The van der Waals surface area contributed by atoms with Crippen LogP contribution in [0.1, 0.15) is 13.3 Å². The topological polar surface area (TPSA) is 36.9 Å². The molecule has 0 aromatic heterocycles. The summed E-state index contributed by atoms with van der Waals surface area (Å²) >= 11 is 24.7. The maximum atomic E-state index is 6.47. The molecule has 1 fully saturated rings.